The fourth-order valence-corrected chi connectivity index (χ4v) is 10.5. The Bertz CT molecular complexity index is 1160. The molecule has 3 unspecified atom stereocenters. The first-order valence-electron chi connectivity index (χ1n) is 15.0. The molecule has 7 atom stereocenters. The van der Waals surface area contributed by atoms with Crippen molar-refractivity contribution < 1.29 is 24.2 Å². The average molecular weight is 663 g/mol. The molecule has 8 nitrogen and oxygen atoms in total. The summed E-state index contributed by atoms with van der Waals surface area (Å²) in [5.74, 6) is -2.22. The standard InChI is InChI=1S/C32H44BrN3O5S/c1-6-10-11-12-18-41-31(40)25-26-29(38)36(21(5)20-37)28(32(26)19-24(33)27(25)42-32)30(39)35(17-7-2)23-15-13-22(14-16-23)34(8-3)9-4/h6-7,13-16,21,24-28,37H,1-2,8-12,17-20H2,3-5H3/t21-,24?,25+,26+,27+,28?,32?/m1/s1. The second-order valence-electron chi connectivity index (χ2n) is 11.3. The summed E-state index contributed by atoms with van der Waals surface area (Å²) >= 11 is 5.36. The number of esters is 1. The molecule has 3 aliphatic rings. The van der Waals surface area contributed by atoms with Gasteiger partial charge in [0.2, 0.25) is 5.91 Å². The van der Waals surface area contributed by atoms with Crippen molar-refractivity contribution in [2.75, 3.05) is 42.6 Å². The number of allylic oxidation sites excluding steroid dienone is 1. The lowest BCUT2D eigenvalue weighted by molar-refractivity contribution is -0.154. The molecule has 42 heavy (non-hydrogen) atoms. The number of hydrogen-bond donors (Lipinski definition) is 1. The molecular weight excluding hydrogens is 618 g/mol. The van der Waals surface area contributed by atoms with Crippen molar-refractivity contribution in [2.45, 2.75) is 73.4 Å². The van der Waals surface area contributed by atoms with E-state index in [1.165, 1.54) is 0 Å². The summed E-state index contributed by atoms with van der Waals surface area (Å²) in [4.78, 5) is 47.8. The number of anilines is 2. The highest BCUT2D eigenvalue weighted by Crippen LogP contribution is 2.68. The number of aliphatic hydroxyl groups excluding tert-OH is 1. The van der Waals surface area contributed by atoms with Crippen LogP contribution in [0.3, 0.4) is 0 Å². The molecule has 1 spiro atoms. The van der Waals surface area contributed by atoms with Crippen molar-refractivity contribution in [3.05, 3.63) is 49.6 Å². The molecule has 230 valence electrons. The summed E-state index contributed by atoms with van der Waals surface area (Å²) in [6, 6.07) is 6.43. The van der Waals surface area contributed by atoms with Gasteiger partial charge in [0.15, 0.2) is 0 Å². The molecule has 0 aliphatic carbocycles. The maximum Gasteiger partial charge on any atom is 0.310 e. The Morgan fingerprint density at radius 2 is 1.86 bits per heavy atom. The first-order chi connectivity index (χ1) is 20.2. The van der Waals surface area contributed by atoms with Gasteiger partial charge in [-0.3, -0.25) is 14.4 Å². The van der Waals surface area contributed by atoms with Gasteiger partial charge in [-0.05, 0) is 70.7 Å². The van der Waals surface area contributed by atoms with Crippen molar-refractivity contribution in [1.29, 1.82) is 0 Å². The lowest BCUT2D eigenvalue weighted by Crippen LogP contribution is -2.57. The van der Waals surface area contributed by atoms with Gasteiger partial charge in [0.1, 0.15) is 6.04 Å². The first kappa shape index (κ1) is 32.6. The van der Waals surface area contributed by atoms with Crippen LogP contribution in [-0.4, -0.2) is 87.5 Å². The van der Waals surface area contributed by atoms with Gasteiger partial charge in [0.05, 0.1) is 35.8 Å². The SMILES string of the molecule is C=CCCCCOC(=O)[C@H]1[C@H]2C(=O)N([C@H](C)CO)C(C(=O)N(CC=C)c3ccc(N(CC)CC)cc3)C23CC(Br)[C@@H]1S3. The van der Waals surface area contributed by atoms with E-state index in [9.17, 15) is 19.5 Å². The predicted octanol–water partition coefficient (Wildman–Crippen LogP) is 4.80. The highest BCUT2D eigenvalue weighted by molar-refractivity contribution is 9.09. The summed E-state index contributed by atoms with van der Waals surface area (Å²) in [7, 11) is 0. The Kier molecular flexibility index (Phi) is 10.9. The van der Waals surface area contributed by atoms with Gasteiger partial charge in [-0.15, -0.1) is 24.9 Å². The van der Waals surface area contributed by atoms with Crippen LogP contribution in [0, 0.1) is 11.8 Å². The molecule has 3 heterocycles. The number of thioether (sulfide) groups is 1. The topological polar surface area (TPSA) is 90.4 Å². The van der Waals surface area contributed by atoms with Crippen LogP contribution < -0.4 is 9.80 Å². The molecule has 1 N–H and O–H groups in total. The molecule has 2 amide bonds. The number of hydrogen-bond acceptors (Lipinski definition) is 7. The molecule has 0 radical (unpaired) electrons. The number of halogens is 1. The smallest absolute Gasteiger partial charge is 0.310 e. The van der Waals surface area contributed by atoms with Crippen molar-refractivity contribution in [3.63, 3.8) is 0 Å². The third-order valence-electron chi connectivity index (χ3n) is 8.89. The molecule has 3 fully saturated rings. The van der Waals surface area contributed by atoms with Gasteiger partial charge in [0, 0.05) is 41.1 Å². The Morgan fingerprint density at radius 1 is 1.19 bits per heavy atom. The van der Waals surface area contributed by atoms with Gasteiger partial charge >= 0.3 is 5.97 Å². The van der Waals surface area contributed by atoms with Gasteiger partial charge in [-0.25, -0.2) is 0 Å². The Labute approximate surface area is 262 Å². The van der Waals surface area contributed by atoms with Crippen molar-refractivity contribution in [1.82, 2.24) is 4.90 Å². The highest BCUT2D eigenvalue weighted by atomic mass is 79.9. The van der Waals surface area contributed by atoms with Crippen molar-refractivity contribution in [3.8, 4) is 0 Å². The number of aliphatic hydroxyl groups is 1. The molecule has 2 bridgehead atoms. The number of carbonyl (C=O) groups is 3. The lowest BCUT2D eigenvalue weighted by Gasteiger charge is -2.39. The Hall–Kier alpha value is -2.30. The number of nitrogens with zero attached hydrogens (tertiary/aromatic N) is 3. The number of unbranched alkanes of at least 4 members (excludes halogenated alkanes) is 2. The number of fused-ring (bicyclic) bond motifs is 1. The molecule has 1 aromatic carbocycles. The monoisotopic (exact) mass is 661 g/mol. The van der Waals surface area contributed by atoms with Crippen LogP contribution >= 0.6 is 27.7 Å². The summed E-state index contributed by atoms with van der Waals surface area (Å²) in [6.07, 6.45) is 6.54. The van der Waals surface area contributed by atoms with Crippen LogP contribution in [0.4, 0.5) is 11.4 Å². The number of amides is 2. The van der Waals surface area contributed by atoms with E-state index in [0.717, 1.165) is 38.0 Å². The summed E-state index contributed by atoms with van der Waals surface area (Å²) < 4.78 is 4.89. The predicted molar refractivity (Wildman–Crippen MR) is 173 cm³/mol. The van der Waals surface area contributed by atoms with E-state index in [2.05, 4.69) is 47.8 Å². The minimum Gasteiger partial charge on any atom is -0.465 e. The maximum absolute atomic E-state index is 14.7. The second-order valence-corrected chi connectivity index (χ2v) is 14.0. The van der Waals surface area contributed by atoms with Gasteiger partial charge in [0.25, 0.3) is 5.91 Å². The van der Waals surface area contributed by atoms with Gasteiger partial charge in [-0.2, -0.15) is 0 Å². The van der Waals surface area contributed by atoms with Crippen LogP contribution in [0.5, 0.6) is 0 Å². The van der Waals surface area contributed by atoms with Crippen LogP contribution in [0.15, 0.2) is 49.6 Å². The zero-order chi connectivity index (χ0) is 30.6. The lowest BCUT2D eigenvalue weighted by atomic mass is 9.71. The van der Waals surface area contributed by atoms with Crippen LogP contribution in [0.1, 0.15) is 46.5 Å². The van der Waals surface area contributed by atoms with E-state index in [4.69, 9.17) is 4.74 Å². The minimum atomic E-state index is -0.847. The molecule has 3 aliphatic heterocycles. The number of rotatable bonds is 15. The van der Waals surface area contributed by atoms with E-state index < -0.39 is 28.7 Å². The third-order valence-corrected chi connectivity index (χ3v) is 12.1. The Balaban J connectivity index is 1.69. The quantitative estimate of drug-likeness (QED) is 0.125. The normalized spacial score (nSPS) is 28.4. The summed E-state index contributed by atoms with van der Waals surface area (Å²) in [5, 5.41) is 10.0. The van der Waals surface area contributed by atoms with E-state index in [0.29, 0.717) is 12.1 Å². The highest BCUT2D eigenvalue weighted by Gasteiger charge is 2.76. The van der Waals surface area contributed by atoms with Crippen molar-refractivity contribution in [2.24, 2.45) is 11.8 Å². The first-order valence-corrected chi connectivity index (χ1v) is 16.8. The van der Waals surface area contributed by atoms with Crippen LogP contribution in [0.2, 0.25) is 0 Å². The summed E-state index contributed by atoms with van der Waals surface area (Å²) in [6.45, 7) is 15.6. The molecule has 3 saturated heterocycles. The van der Waals surface area contributed by atoms with Gasteiger partial charge < -0.3 is 24.5 Å². The van der Waals surface area contributed by atoms with Crippen LogP contribution in [-0.2, 0) is 19.1 Å². The number of carbonyl (C=O) groups excluding carboxylic acids is 3. The van der Waals surface area contributed by atoms with Crippen LogP contribution in [0.25, 0.3) is 0 Å². The third kappa shape index (κ3) is 5.78. The van der Waals surface area contributed by atoms with E-state index >= 15 is 0 Å². The van der Waals surface area contributed by atoms with Crippen molar-refractivity contribution >= 4 is 56.9 Å². The fourth-order valence-electron chi connectivity index (χ4n) is 6.87. The Morgan fingerprint density at radius 3 is 2.45 bits per heavy atom. The summed E-state index contributed by atoms with van der Waals surface area (Å²) in [5.41, 5.74) is 1.78. The maximum atomic E-state index is 14.7. The number of alkyl halides is 1. The number of ether oxygens (including phenoxy) is 1. The van der Waals surface area contributed by atoms with E-state index in [1.807, 2.05) is 30.3 Å². The molecule has 0 saturated carbocycles. The van der Waals surface area contributed by atoms with E-state index in [1.54, 1.807) is 34.6 Å². The second kappa shape index (κ2) is 14.0. The fraction of sp³-hybridized carbons (Fsp3) is 0.594. The zero-order valence-electron chi connectivity index (χ0n) is 24.9. The average Bonchev–Trinajstić information content (AvgIpc) is 3.59. The zero-order valence-corrected chi connectivity index (χ0v) is 27.3. The minimum absolute atomic E-state index is 0.0502. The molecule has 0 aromatic heterocycles. The largest absolute Gasteiger partial charge is 0.465 e. The number of benzene rings is 1. The number of likely N-dealkylation sites (tertiary alicyclic amines) is 1. The molecular formula is C32H44BrN3O5S. The molecule has 10 heteroatoms. The molecule has 4 rings (SSSR count). The molecule has 1 aromatic rings. The van der Waals surface area contributed by atoms with E-state index in [-0.39, 0.29) is 47.6 Å². The van der Waals surface area contributed by atoms with Gasteiger partial charge in [-0.1, -0.05) is 28.1 Å².